The Hall–Kier alpha value is -0.490. The second kappa shape index (κ2) is 6.52. The topological polar surface area (TPSA) is 51.4 Å². The summed E-state index contributed by atoms with van der Waals surface area (Å²) in [4.78, 5) is 7.18. The lowest BCUT2D eigenvalue weighted by molar-refractivity contribution is 0.0751. The Morgan fingerprint density at radius 2 is 2.35 bits per heavy atom. The Morgan fingerprint density at radius 3 is 3.00 bits per heavy atom. The smallest absolute Gasteiger partial charge is 0.122 e. The number of thiazole rings is 1. The van der Waals surface area contributed by atoms with Crippen LogP contribution >= 0.6 is 11.3 Å². The molecular formula is C15H27N3OS. The fourth-order valence-electron chi connectivity index (χ4n) is 2.75. The molecule has 2 rings (SSSR count). The van der Waals surface area contributed by atoms with Gasteiger partial charge in [-0.05, 0) is 25.7 Å². The van der Waals surface area contributed by atoms with Crippen LogP contribution in [0.4, 0.5) is 0 Å². The Kier molecular flexibility index (Phi) is 5.18. The third-order valence-electron chi connectivity index (χ3n) is 4.11. The van der Waals surface area contributed by atoms with Gasteiger partial charge in [0.25, 0.3) is 0 Å². The number of likely N-dealkylation sites (tertiary alicyclic amines) is 1. The minimum atomic E-state index is 0.102. The van der Waals surface area contributed by atoms with Crippen molar-refractivity contribution in [2.45, 2.75) is 52.8 Å². The van der Waals surface area contributed by atoms with Gasteiger partial charge in [0.15, 0.2) is 0 Å². The second-order valence-electron chi connectivity index (χ2n) is 6.37. The van der Waals surface area contributed by atoms with Crippen molar-refractivity contribution in [2.24, 2.45) is 11.1 Å². The van der Waals surface area contributed by atoms with Crippen molar-refractivity contribution < 1.29 is 4.74 Å². The van der Waals surface area contributed by atoms with E-state index in [1.165, 1.54) is 0 Å². The number of hydrogen-bond acceptors (Lipinski definition) is 5. The van der Waals surface area contributed by atoms with Gasteiger partial charge in [-0.1, -0.05) is 13.8 Å². The highest BCUT2D eigenvalue weighted by Gasteiger charge is 2.33. The fourth-order valence-corrected chi connectivity index (χ4v) is 3.57. The monoisotopic (exact) mass is 297 g/mol. The largest absolute Gasteiger partial charge is 0.372 e. The number of rotatable bonds is 5. The summed E-state index contributed by atoms with van der Waals surface area (Å²) in [6.07, 6.45) is 1.17. The van der Waals surface area contributed by atoms with E-state index in [1.54, 1.807) is 11.3 Å². The molecule has 1 aromatic rings. The Balaban J connectivity index is 1.94. The maximum atomic E-state index is 6.19. The lowest BCUT2D eigenvalue weighted by Crippen LogP contribution is -2.52. The van der Waals surface area contributed by atoms with E-state index in [2.05, 4.69) is 31.1 Å². The zero-order valence-electron chi connectivity index (χ0n) is 13.1. The van der Waals surface area contributed by atoms with Crippen LogP contribution in [-0.4, -0.2) is 35.6 Å². The number of piperidine rings is 1. The highest BCUT2D eigenvalue weighted by atomic mass is 32.1. The van der Waals surface area contributed by atoms with Crippen molar-refractivity contribution in [3.8, 4) is 0 Å². The number of hydrogen-bond donors (Lipinski definition) is 1. The SMILES string of the molecule is CCOC(C)c1nc(CN2CCC(N)C(C)(C)C2)cs1. The number of nitrogens with two attached hydrogens (primary N) is 1. The maximum absolute atomic E-state index is 6.19. The first-order chi connectivity index (χ1) is 9.42. The molecule has 0 spiro atoms. The zero-order chi connectivity index (χ0) is 14.8. The average molecular weight is 297 g/mol. The molecule has 0 aromatic carbocycles. The Bertz CT molecular complexity index is 433. The van der Waals surface area contributed by atoms with Gasteiger partial charge >= 0.3 is 0 Å². The summed E-state index contributed by atoms with van der Waals surface area (Å²) < 4.78 is 5.60. The van der Waals surface area contributed by atoms with Gasteiger partial charge in [0.1, 0.15) is 11.1 Å². The van der Waals surface area contributed by atoms with Crippen LogP contribution in [0.15, 0.2) is 5.38 Å². The molecule has 2 atom stereocenters. The van der Waals surface area contributed by atoms with Crippen LogP contribution in [0, 0.1) is 5.41 Å². The highest BCUT2D eigenvalue weighted by molar-refractivity contribution is 7.09. The van der Waals surface area contributed by atoms with Gasteiger partial charge in [0, 0.05) is 37.7 Å². The van der Waals surface area contributed by atoms with Crippen LogP contribution in [0.5, 0.6) is 0 Å². The summed E-state index contributed by atoms with van der Waals surface area (Å²) in [5.74, 6) is 0. The number of ether oxygens (including phenoxy) is 1. The van der Waals surface area contributed by atoms with Gasteiger partial charge in [-0.3, -0.25) is 4.90 Å². The first kappa shape index (κ1) is 15.9. The Morgan fingerprint density at radius 1 is 1.60 bits per heavy atom. The molecule has 1 fully saturated rings. The van der Waals surface area contributed by atoms with E-state index in [9.17, 15) is 0 Å². The van der Waals surface area contributed by atoms with Gasteiger partial charge in [-0.15, -0.1) is 11.3 Å². The minimum Gasteiger partial charge on any atom is -0.372 e. The third kappa shape index (κ3) is 3.79. The van der Waals surface area contributed by atoms with Gasteiger partial charge in [-0.2, -0.15) is 0 Å². The van der Waals surface area contributed by atoms with Crippen LogP contribution in [0.2, 0.25) is 0 Å². The molecule has 1 aliphatic rings. The molecule has 1 aromatic heterocycles. The van der Waals surface area contributed by atoms with E-state index >= 15 is 0 Å². The first-order valence-electron chi connectivity index (χ1n) is 7.46. The van der Waals surface area contributed by atoms with Crippen molar-refractivity contribution in [1.82, 2.24) is 9.88 Å². The van der Waals surface area contributed by atoms with Gasteiger partial charge in [-0.25, -0.2) is 4.98 Å². The predicted octanol–water partition coefficient (Wildman–Crippen LogP) is 2.80. The van der Waals surface area contributed by atoms with E-state index < -0.39 is 0 Å². The number of nitrogens with zero attached hydrogens (tertiary/aromatic N) is 2. The lowest BCUT2D eigenvalue weighted by atomic mass is 9.80. The van der Waals surface area contributed by atoms with Gasteiger partial charge in [0.2, 0.25) is 0 Å². The molecule has 2 N–H and O–H groups in total. The molecule has 20 heavy (non-hydrogen) atoms. The zero-order valence-corrected chi connectivity index (χ0v) is 13.9. The second-order valence-corrected chi connectivity index (χ2v) is 7.26. The summed E-state index contributed by atoms with van der Waals surface area (Å²) >= 11 is 1.70. The van der Waals surface area contributed by atoms with Crippen LogP contribution < -0.4 is 5.73 Å². The van der Waals surface area contributed by atoms with Crippen molar-refractivity contribution in [3.05, 3.63) is 16.1 Å². The number of aromatic nitrogens is 1. The summed E-state index contributed by atoms with van der Waals surface area (Å²) in [6, 6.07) is 0.308. The quantitative estimate of drug-likeness (QED) is 0.908. The van der Waals surface area contributed by atoms with Gasteiger partial charge in [0.05, 0.1) is 5.69 Å². The van der Waals surface area contributed by atoms with E-state index in [4.69, 9.17) is 15.5 Å². The van der Waals surface area contributed by atoms with E-state index in [0.717, 1.165) is 43.4 Å². The first-order valence-corrected chi connectivity index (χ1v) is 8.34. The van der Waals surface area contributed by atoms with Crippen molar-refractivity contribution in [3.63, 3.8) is 0 Å². The molecule has 2 heterocycles. The maximum Gasteiger partial charge on any atom is 0.122 e. The van der Waals surface area contributed by atoms with Crippen molar-refractivity contribution in [1.29, 1.82) is 0 Å². The predicted molar refractivity (Wildman–Crippen MR) is 83.8 cm³/mol. The third-order valence-corrected chi connectivity index (χ3v) is 5.17. The molecule has 5 heteroatoms. The summed E-state index contributed by atoms with van der Waals surface area (Å²) in [5.41, 5.74) is 7.53. The van der Waals surface area contributed by atoms with Crippen LogP contribution in [0.3, 0.4) is 0 Å². The van der Waals surface area contributed by atoms with E-state index in [0.29, 0.717) is 6.04 Å². The Labute approximate surface area is 126 Å². The molecule has 4 nitrogen and oxygen atoms in total. The van der Waals surface area contributed by atoms with Crippen LogP contribution in [0.1, 0.15) is 50.9 Å². The van der Waals surface area contributed by atoms with Crippen LogP contribution in [0.25, 0.3) is 0 Å². The molecule has 0 amide bonds. The van der Waals surface area contributed by atoms with E-state index in [1.807, 2.05) is 6.92 Å². The summed E-state index contributed by atoms with van der Waals surface area (Å²) in [5, 5.41) is 3.24. The normalized spacial score (nSPS) is 24.8. The molecule has 0 saturated carbocycles. The highest BCUT2D eigenvalue weighted by Crippen LogP contribution is 2.29. The molecule has 2 unspecified atom stereocenters. The van der Waals surface area contributed by atoms with Crippen molar-refractivity contribution >= 4 is 11.3 Å². The average Bonchev–Trinajstić information content (AvgIpc) is 2.82. The molecule has 0 radical (unpaired) electrons. The standard InChI is InChI=1S/C15H27N3OS/c1-5-19-11(2)14-17-12(9-20-14)8-18-7-6-13(16)15(3,4)10-18/h9,11,13H,5-8,10,16H2,1-4H3. The minimum absolute atomic E-state index is 0.102. The van der Waals surface area contributed by atoms with E-state index in [-0.39, 0.29) is 11.5 Å². The molecular weight excluding hydrogens is 270 g/mol. The molecule has 114 valence electrons. The molecule has 0 bridgehead atoms. The summed E-state index contributed by atoms with van der Waals surface area (Å²) in [6.45, 7) is 12.4. The van der Waals surface area contributed by atoms with Gasteiger partial charge < -0.3 is 10.5 Å². The molecule has 1 aliphatic heterocycles. The lowest BCUT2D eigenvalue weighted by Gasteiger charge is -2.42. The summed E-state index contributed by atoms with van der Waals surface area (Å²) in [7, 11) is 0. The fraction of sp³-hybridized carbons (Fsp3) is 0.800. The van der Waals surface area contributed by atoms with Crippen molar-refractivity contribution in [2.75, 3.05) is 19.7 Å². The van der Waals surface area contributed by atoms with Crippen LogP contribution in [-0.2, 0) is 11.3 Å². The molecule has 1 saturated heterocycles. The molecule has 0 aliphatic carbocycles.